The predicted octanol–water partition coefficient (Wildman–Crippen LogP) is 1.39. The highest BCUT2D eigenvalue weighted by Gasteiger charge is 2.54. The largest absolute Gasteiger partial charge is 0.355 e. The van der Waals surface area contributed by atoms with Crippen LogP contribution >= 0.6 is 0 Å². The van der Waals surface area contributed by atoms with Gasteiger partial charge in [-0.05, 0) is 56.3 Å². The molecule has 4 saturated carbocycles. The summed E-state index contributed by atoms with van der Waals surface area (Å²) in [4.78, 5) is 28.4. The van der Waals surface area contributed by atoms with E-state index in [1.54, 1.807) is 0 Å². The van der Waals surface area contributed by atoms with E-state index in [1.807, 2.05) is 0 Å². The lowest BCUT2D eigenvalue weighted by Gasteiger charge is -2.55. The third-order valence-electron chi connectivity index (χ3n) is 5.37. The van der Waals surface area contributed by atoms with Crippen LogP contribution in [0.2, 0.25) is 0 Å². The topological polar surface area (TPSA) is 67.4 Å². The Morgan fingerprint density at radius 1 is 1.10 bits per heavy atom. The van der Waals surface area contributed by atoms with Gasteiger partial charge in [0.2, 0.25) is 11.8 Å². The van der Waals surface area contributed by atoms with Crippen LogP contribution in [0.4, 0.5) is 0 Å². The average molecular weight is 280 g/mol. The van der Waals surface area contributed by atoms with Crippen LogP contribution in [0.25, 0.3) is 0 Å². The standard InChI is InChI=1S/C15H24N2O3/c1-20-17-13(18)2-3-16-14(19)15-7-10-4-11(8-15)6-12(5-10)9-15/h10-12H,2-9H2,1H3,(H,16,19)(H,17,18). The van der Waals surface area contributed by atoms with E-state index in [0.717, 1.165) is 37.0 Å². The van der Waals surface area contributed by atoms with Gasteiger partial charge in [-0.1, -0.05) is 0 Å². The van der Waals surface area contributed by atoms with Crippen LogP contribution in [0.5, 0.6) is 0 Å². The Morgan fingerprint density at radius 2 is 1.65 bits per heavy atom. The Morgan fingerprint density at radius 3 is 2.15 bits per heavy atom. The van der Waals surface area contributed by atoms with Crippen molar-refractivity contribution in [1.29, 1.82) is 0 Å². The molecule has 0 radical (unpaired) electrons. The molecule has 4 fully saturated rings. The Bertz CT molecular complexity index is 373. The van der Waals surface area contributed by atoms with Crippen molar-refractivity contribution >= 4 is 11.8 Å². The molecule has 4 aliphatic rings. The first-order valence-electron chi connectivity index (χ1n) is 7.71. The fourth-order valence-corrected chi connectivity index (χ4v) is 5.03. The van der Waals surface area contributed by atoms with Crippen molar-refractivity contribution in [1.82, 2.24) is 10.8 Å². The van der Waals surface area contributed by atoms with Crippen LogP contribution in [0.1, 0.15) is 44.9 Å². The molecule has 0 aromatic carbocycles. The highest BCUT2D eigenvalue weighted by Crippen LogP contribution is 2.60. The Hall–Kier alpha value is -1.10. The maximum absolute atomic E-state index is 12.6. The summed E-state index contributed by atoms with van der Waals surface area (Å²) in [5.41, 5.74) is 2.15. The summed E-state index contributed by atoms with van der Waals surface area (Å²) in [5, 5.41) is 2.97. The number of carbonyl (C=O) groups excluding carboxylic acids is 2. The minimum atomic E-state index is -0.196. The third-order valence-corrected chi connectivity index (χ3v) is 5.37. The molecule has 0 saturated heterocycles. The molecule has 0 aromatic heterocycles. The van der Waals surface area contributed by atoms with Gasteiger partial charge >= 0.3 is 0 Å². The molecule has 5 heteroatoms. The van der Waals surface area contributed by atoms with E-state index in [1.165, 1.54) is 26.4 Å². The molecule has 20 heavy (non-hydrogen) atoms. The van der Waals surface area contributed by atoms with Gasteiger partial charge in [-0.2, -0.15) is 0 Å². The van der Waals surface area contributed by atoms with E-state index in [2.05, 4.69) is 15.6 Å². The second-order valence-electron chi connectivity index (χ2n) is 6.93. The van der Waals surface area contributed by atoms with Crippen LogP contribution in [0, 0.1) is 23.2 Å². The zero-order valence-corrected chi connectivity index (χ0v) is 12.1. The molecule has 0 atom stereocenters. The van der Waals surface area contributed by atoms with Gasteiger partial charge < -0.3 is 5.32 Å². The van der Waals surface area contributed by atoms with Gasteiger partial charge in [0, 0.05) is 18.4 Å². The van der Waals surface area contributed by atoms with E-state index in [-0.39, 0.29) is 23.7 Å². The first-order chi connectivity index (χ1) is 9.61. The molecule has 0 heterocycles. The molecule has 2 amide bonds. The van der Waals surface area contributed by atoms with Crippen LogP contribution in [-0.4, -0.2) is 25.5 Å². The number of carbonyl (C=O) groups is 2. The van der Waals surface area contributed by atoms with Gasteiger partial charge in [-0.3, -0.25) is 14.4 Å². The summed E-state index contributed by atoms with van der Waals surface area (Å²) in [6, 6.07) is 0. The van der Waals surface area contributed by atoms with Crippen molar-refractivity contribution in [3.63, 3.8) is 0 Å². The summed E-state index contributed by atoms with van der Waals surface area (Å²) >= 11 is 0. The number of rotatable bonds is 5. The summed E-state index contributed by atoms with van der Waals surface area (Å²) < 4.78 is 0. The van der Waals surface area contributed by atoms with Gasteiger partial charge in [0.1, 0.15) is 0 Å². The normalized spacial score (nSPS) is 37.8. The molecular weight excluding hydrogens is 256 g/mol. The van der Waals surface area contributed by atoms with Gasteiger partial charge in [-0.25, -0.2) is 5.48 Å². The fourth-order valence-electron chi connectivity index (χ4n) is 5.03. The molecule has 4 rings (SSSR count). The molecule has 112 valence electrons. The van der Waals surface area contributed by atoms with Crippen LogP contribution in [0.3, 0.4) is 0 Å². The van der Waals surface area contributed by atoms with Crippen molar-refractivity contribution in [2.45, 2.75) is 44.9 Å². The van der Waals surface area contributed by atoms with E-state index >= 15 is 0 Å². The van der Waals surface area contributed by atoms with Crippen LogP contribution < -0.4 is 10.8 Å². The Kier molecular flexibility index (Phi) is 3.71. The molecule has 2 N–H and O–H groups in total. The first kappa shape index (κ1) is 13.9. The Labute approximate surface area is 119 Å². The van der Waals surface area contributed by atoms with Gasteiger partial charge in [-0.15, -0.1) is 0 Å². The van der Waals surface area contributed by atoms with Crippen LogP contribution in [-0.2, 0) is 14.4 Å². The molecule has 4 aliphatic carbocycles. The Balaban J connectivity index is 1.53. The minimum Gasteiger partial charge on any atom is -0.355 e. The van der Waals surface area contributed by atoms with E-state index in [4.69, 9.17) is 0 Å². The molecule has 0 spiro atoms. The van der Waals surface area contributed by atoms with Crippen molar-refractivity contribution in [3.05, 3.63) is 0 Å². The minimum absolute atomic E-state index is 0.119. The van der Waals surface area contributed by atoms with Crippen molar-refractivity contribution in [3.8, 4) is 0 Å². The van der Waals surface area contributed by atoms with E-state index < -0.39 is 0 Å². The highest BCUT2D eigenvalue weighted by molar-refractivity contribution is 5.84. The molecular formula is C15H24N2O3. The number of amides is 2. The number of nitrogens with one attached hydrogen (secondary N) is 2. The monoisotopic (exact) mass is 280 g/mol. The van der Waals surface area contributed by atoms with E-state index in [0.29, 0.717) is 6.54 Å². The molecule has 0 unspecified atom stereocenters. The lowest BCUT2D eigenvalue weighted by atomic mass is 9.49. The second kappa shape index (κ2) is 5.35. The quantitative estimate of drug-likeness (QED) is 0.748. The zero-order valence-electron chi connectivity index (χ0n) is 12.1. The lowest BCUT2D eigenvalue weighted by Crippen LogP contribution is -2.53. The first-order valence-corrected chi connectivity index (χ1v) is 7.71. The van der Waals surface area contributed by atoms with Gasteiger partial charge in [0.05, 0.1) is 7.11 Å². The molecule has 0 aromatic rings. The maximum Gasteiger partial charge on any atom is 0.245 e. The summed E-state index contributed by atoms with van der Waals surface area (Å²) in [5.74, 6) is 2.29. The molecule has 5 nitrogen and oxygen atoms in total. The second-order valence-corrected chi connectivity index (χ2v) is 6.93. The third kappa shape index (κ3) is 2.55. The van der Waals surface area contributed by atoms with Gasteiger partial charge in [0.15, 0.2) is 0 Å². The highest BCUT2D eigenvalue weighted by atomic mass is 16.6. The fraction of sp³-hybridized carbons (Fsp3) is 0.867. The number of hydroxylamine groups is 1. The summed E-state index contributed by atoms with van der Waals surface area (Å²) in [7, 11) is 1.41. The molecule has 0 aliphatic heterocycles. The number of hydrogen-bond donors (Lipinski definition) is 2. The van der Waals surface area contributed by atoms with E-state index in [9.17, 15) is 9.59 Å². The predicted molar refractivity (Wildman–Crippen MR) is 73.4 cm³/mol. The maximum atomic E-state index is 12.6. The smallest absolute Gasteiger partial charge is 0.245 e. The lowest BCUT2D eigenvalue weighted by molar-refractivity contribution is -0.146. The summed E-state index contributed by atoms with van der Waals surface area (Å²) in [6.07, 6.45) is 7.47. The number of hydrogen-bond acceptors (Lipinski definition) is 3. The summed E-state index contributed by atoms with van der Waals surface area (Å²) in [6.45, 7) is 0.399. The van der Waals surface area contributed by atoms with Crippen LogP contribution in [0.15, 0.2) is 0 Å². The SMILES string of the molecule is CONC(=O)CCNC(=O)C12CC3CC(CC(C3)C1)C2. The molecule has 4 bridgehead atoms. The van der Waals surface area contributed by atoms with Crippen molar-refractivity contribution in [2.24, 2.45) is 23.2 Å². The van der Waals surface area contributed by atoms with Crippen molar-refractivity contribution < 1.29 is 14.4 Å². The average Bonchev–Trinajstić information content (AvgIpc) is 2.37. The van der Waals surface area contributed by atoms with Gasteiger partial charge in [0.25, 0.3) is 0 Å². The van der Waals surface area contributed by atoms with Crippen molar-refractivity contribution in [2.75, 3.05) is 13.7 Å². The zero-order chi connectivity index (χ0) is 14.2.